The highest BCUT2D eigenvalue weighted by Gasteiger charge is 2.40. The van der Waals surface area contributed by atoms with Gasteiger partial charge in [0.15, 0.2) is 11.2 Å². The minimum atomic E-state index is -1.63. The standard InChI is InChI=1S/C13H20N6O4/c1-4-22-11(21)13(15,7(2)3)23-6-19-5-16-8-9(19)17-12(14)18-10(8)20/h5,7H,4,6,15H2,1-3H3,(H3,14,17,18,20)/t13-/m1/s1. The van der Waals surface area contributed by atoms with Gasteiger partial charge in [0.25, 0.3) is 5.56 Å². The van der Waals surface area contributed by atoms with Crippen LogP contribution in [0.15, 0.2) is 11.1 Å². The van der Waals surface area contributed by atoms with E-state index in [1.807, 2.05) is 0 Å². The molecule has 0 aliphatic heterocycles. The molecule has 23 heavy (non-hydrogen) atoms. The maximum Gasteiger partial charge on any atom is 0.353 e. The lowest BCUT2D eigenvalue weighted by Crippen LogP contribution is -2.55. The smallest absolute Gasteiger partial charge is 0.353 e. The molecule has 0 unspecified atom stereocenters. The van der Waals surface area contributed by atoms with Crippen LogP contribution in [0.3, 0.4) is 0 Å². The first kappa shape index (κ1) is 16.9. The Balaban J connectivity index is 2.28. The zero-order valence-electron chi connectivity index (χ0n) is 13.2. The number of fused-ring (bicyclic) bond motifs is 1. The van der Waals surface area contributed by atoms with Gasteiger partial charge in [0.2, 0.25) is 11.7 Å². The van der Waals surface area contributed by atoms with E-state index in [1.54, 1.807) is 20.8 Å². The number of H-pyrrole nitrogens is 1. The predicted octanol–water partition coefficient (Wildman–Crippen LogP) is -0.450. The first-order valence-corrected chi connectivity index (χ1v) is 7.10. The van der Waals surface area contributed by atoms with Crippen LogP contribution in [0.5, 0.6) is 0 Å². The van der Waals surface area contributed by atoms with E-state index in [4.69, 9.17) is 20.9 Å². The molecule has 0 fully saturated rings. The summed E-state index contributed by atoms with van der Waals surface area (Å²) in [5.74, 6) is -1.04. The van der Waals surface area contributed by atoms with E-state index in [1.165, 1.54) is 10.9 Å². The molecule has 0 aliphatic rings. The van der Waals surface area contributed by atoms with Gasteiger partial charge >= 0.3 is 5.97 Å². The van der Waals surface area contributed by atoms with Crippen molar-refractivity contribution in [2.24, 2.45) is 11.7 Å². The minimum Gasteiger partial charge on any atom is -0.463 e. The van der Waals surface area contributed by atoms with Crippen molar-refractivity contribution in [3.05, 3.63) is 16.7 Å². The number of rotatable bonds is 6. The number of nitrogen functional groups attached to an aromatic ring is 1. The predicted molar refractivity (Wildman–Crippen MR) is 82.0 cm³/mol. The van der Waals surface area contributed by atoms with Crippen molar-refractivity contribution in [1.29, 1.82) is 0 Å². The van der Waals surface area contributed by atoms with Crippen molar-refractivity contribution in [2.75, 3.05) is 12.3 Å². The highest BCUT2D eigenvalue weighted by atomic mass is 16.6. The van der Waals surface area contributed by atoms with Crippen LogP contribution in [-0.4, -0.2) is 37.8 Å². The van der Waals surface area contributed by atoms with E-state index in [0.717, 1.165) is 0 Å². The van der Waals surface area contributed by atoms with Gasteiger partial charge in [0, 0.05) is 5.92 Å². The Bertz CT molecular complexity index is 767. The number of nitrogens with two attached hydrogens (primary N) is 2. The van der Waals surface area contributed by atoms with Gasteiger partial charge in [-0.05, 0) is 6.92 Å². The average Bonchev–Trinajstić information content (AvgIpc) is 2.88. The lowest BCUT2D eigenvalue weighted by Gasteiger charge is -2.30. The Morgan fingerprint density at radius 2 is 2.22 bits per heavy atom. The number of carbonyl (C=O) groups is 1. The summed E-state index contributed by atoms with van der Waals surface area (Å²) in [6, 6.07) is 0. The van der Waals surface area contributed by atoms with Crippen LogP contribution in [0.2, 0.25) is 0 Å². The number of anilines is 1. The molecule has 5 N–H and O–H groups in total. The van der Waals surface area contributed by atoms with Gasteiger partial charge in [-0.15, -0.1) is 0 Å². The molecule has 0 aliphatic carbocycles. The zero-order chi connectivity index (χ0) is 17.2. The zero-order valence-corrected chi connectivity index (χ0v) is 13.2. The van der Waals surface area contributed by atoms with E-state index in [9.17, 15) is 9.59 Å². The lowest BCUT2D eigenvalue weighted by atomic mass is 10.0. The summed E-state index contributed by atoms with van der Waals surface area (Å²) < 4.78 is 12.0. The summed E-state index contributed by atoms with van der Waals surface area (Å²) in [6.07, 6.45) is 1.36. The summed E-state index contributed by atoms with van der Waals surface area (Å²) >= 11 is 0. The number of imidazole rings is 1. The molecule has 2 rings (SSSR count). The van der Waals surface area contributed by atoms with Crippen molar-refractivity contribution in [3.8, 4) is 0 Å². The number of carbonyl (C=O) groups excluding carboxylic acids is 1. The molecule has 126 valence electrons. The Hall–Kier alpha value is -2.46. The Morgan fingerprint density at radius 1 is 1.52 bits per heavy atom. The molecule has 0 aromatic carbocycles. The quantitative estimate of drug-likeness (QED) is 0.477. The molecule has 0 radical (unpaired) electrons. The molecule has 1 atom stereocenters. The van der Waals surface area contributed by atoms with Crippen molar-refractivity contribution >= 4 is 23.1 Å². The van der Waals surface area contributed by atoms with Crippen LogP contribution in [0.25, 0.3) is 11.2 Å². The third kappa shape index (κ3) is 3.17. The second kappa shape index (κ2) is 6.34. The van der Waals surface area contributed by atoms with Gasteiger partial charge in [-0.25, -0.2) is 9.78 Å². The topological polar surface area (TPSA) is 151 Å². The highest BCUT2D eigenvalue weighted by molar-refractivity contribution is 5.79. The fourth-order valence-corrected chi connectivity index (χ4v) is 1.95. The first-order chi connectivity index (χ1) is 10.8. The first-order valence-electron chi connectivity index (χ1n) is 7.10. The van der Waals surface area contributed by atoms with E-state index >= 15 is 0 Å². The van der Waals surface area contributed by atoms with Crippen molar-refractivity contribution in [1.82, 2.24) is 19.5 Å². The summed E-state index contributed by atoms with van der Waals surface area (Å²) in [4.78, 5) is 34.1. The monoisotopic (exact) mass is 324 g/mol. The number of hydrogen-bond donors (Lipinski definition) is 3. The summed E-state index contributed by atoms with van der Waals surface area (Å²) in [7, 11) is 0. The molecule has 0 bridgehead atoms. The minimum absolute atomic E-state index is 0.0440. The Labute approximate surface area is 131 Å². The van der Waals surface area contributed by atoms with Crippen molar-refractivity contribution in [2.45, 2.75) is 33.2 Å². The van der Waals surface area contributed by atoms with E-state index in [2.05, 4.69) is 15.0 Å². The van der Waals surface area contributed by atoms with Gasteiger partial charge in [0.1, 0.15) is 6.73 Å². The van der Waals surface area contributed by atoms with Gasteiger partial charge in [0.05, 0.1) is 12.9 Å². The number of aromatic amines is 1. The molecule has 2 aromatic heterocycles. The van der Waals surface area contributed by atoms with Crippen molar-refractivity contribution < 1.29 is 14.3 Å². The molecule has 2 heterocycles. The maximum absolute atomic E-state index is 12.1. The van der Waals surface area contributed by atoms with Gasteiger partial charge in [-0.3, -0.25) is 20.1 Å². The highest BCUT2D eigenvalue weighted by Crippen LogP contribution is 2.19. The van der Waals surface area contributed by atoms with Crippen LogP contribution < -0.4 is 17.0 Å². The summed E-state index contributed by atoms with van der Waals surface area (Å²) in [6.45, 7) is 5.21. The summed E-state index contributed by atoms with van der Waals surface area (Å²) in [5, 5.41) is 0. The molecule has 10 nitrogen and oxygen atoms in total. The molecule has 0 saturated carbocycles. The molecule has 2 aromatic rings. The van der Waals surface area contributed by atoms with Gasteiger partial charge < -0.3 is 15.2 Å². The van der Waals surface area contributed by atoms with Crippen molar-refractivity contribution in [3.63, 3.8) is 0 Å². The SMILES string of the molecule is CCOC(=O)[C@](N)(OCn1cnc2c(=O)[nH]c(N)nc21)C(C)C. The fourth-order valence-electron chi connectivity index (χ4n) is 1.95. The summed E-state index contributed by atoms with van der Waals surface area (Å²) in [5.41, 5.74) is 9.84. The number of esters is 1. The largest absolute Gasteiger partial charge is 0.463 e. The molecule has 10 heteroatoms. The van der Waals surface area contributed by atoms with E-state index in [-0.39, 0.29) is 36.4 Å². The van der Waals surface area contributed by atoms with Crippen LogP contribution in [-0.2, 0) is 21.0 Å². The van der Waals surface area contributed by atoms with Crippen LogP contribution >= 0.6 is 0 Å². The van der Waals surface area contributed by atoms with Gasteiger partial charge in [-0.2, -0.15) is 4.98 Å². The van der Waals surface area contributed by atoms with E-state index < -0.39 is 17.3 Å². The Morgan fingerprint density at radius 3 is 2.83 bits per heavy atom. The number of nitrogens with one attached hydrogen (secondary N) is 1. The Kier molecular flexibility index (Phi) is 4.66. The van der Waals surface area contributed by atoms with Gasteiger partial charge in [-0.1, -0.05) is 13.8 Å². The average molecular weight is 324 g/mol. The third-order valence-corrected chi connectivity index (χ3v) is 3.39. The maximum atomic E-state index is 12.1. The number of nitrogens with zero attached hydrogens (tertiary/aromatic N) is 3. The molecule has 0 saturated heterocycles. The van der Waals surface area contributed by atoms with Crippen LogP contribution in [0, 0.1) is 5.92 Å². The molecular weight excluding hydrogens is 304 g/mol. The number of aromatic nitrogens is 4. The third-order valence-electron chi connectivity index (χ3n) is 3.39. The second-order valence-electron chi connectivity index (χ2n) is 5.28. The lowest BCUT2D eigenvalue weighted by molar-refractivity contribution is -0.184. The number of hydrogen-bond acceptors (Lipinski definition) is 8. The fraction of sp³-hybridized carbons (Fsp3) is 0.538. The molecule has 0 spiro atoms. The van der Waals surface area contributed by atoms with Crippen LogP contribution in [0.4, 0.5) is 5.95 Å². The normalized spacial score (nSPS) is 14.1. The van der Waals surface area contributed by atoms with E-state index in [0.29, 0.717) is 0 Å². The second-order valence-corrected chi connectivity index (χ2v) is 5.28. The number of ether oxygens (including phenoxy) is 2. The molecule has 0 amide bonds. The molecular formula is C13H20N6O4. The van der Waals surface area contributed by atoms with Crippen LogP contribution in [0.1, 0.15) is 20.8 Å².